The maximum absolute atomic E-state index is 11.8. The Morgan fingerprint density at radius 3 is 1.00 bits per heavy atom. The second-order valence-corrected chi connectivity index (χ2v) is 14.9. The quantitative estimate of drug-likeness (QED) is 0.398. The number of likely N-dealkylation sites (N-methyl/N-ethyl adjacent to an activating group) is 2. The highest BCUT2D eigenvalue weighted by Gasteiger charge is 2.53. The average Bonchev–Trinajstić information content (AvgIpc) is 3.09. The van der Waals surface area contributed by atoms with E-state index in [9.17, 15) is 10.2 Å². The Kier molecular flexibility index (Phi) is 5.65. The Balaban J connectivity index is 1.75. The summed E-state index contributed by atoms with van der Waals surface area (Å²) in [5.74, 6) is 0.417. The van der Waals surface area contributed by atoms with Gasteiger partial charge in [0.25, 0.3) is 0 Å². The maximum Gasteiger partial charge on any atom is 0.138 e. The van der Waals surface area contributed by atoms with E-state index in [1.807, 2.05) is 0 Å². The Morgan fingerprint density at radius 1 is 0.450 bits per heavy atom. The number of anilines is 2. The SMILES string of the molecule is Cc1c(C)c2c(c(C)c1C1=C(O)C(c3c(C)c(C)c4c(c3C)C(C)(C)C(C)(C)N4C)=C1O)C(C)(C)C(C)(C)N2C. The monoisotopic (exact) mass is 542 g/mol. The molecule has 0 amide bonds. The lowest BCUT2D eigenvalue weighted by molar-refractivity contribution is 0.321. The van der Waals surface area contributed by atoms with Gasteiger partial charge in [0.2, 0.25) is 0 Å². The van der Waals surface area contributed by atoms with Crippen LogP contribution in [0, 0.1) is 41.5 Å². The van der Waals surface area contributed by atoms with Crippen molar-refractivity contribution in [2.75, 3.05) is 23.9 Å². The molecule has 0 unspecified atom stereocenters. The van der Waals surface area contributed by atoms with Crippen LogP contribution >= 0.6 is 0 Å². The van der Waals surface area contributed by atoms with Gasteiger partial charge in [-0.15, -0.1) is 0 Å². The highest BCUT2D eigenvalue weighted by molar-refractivity contribution is 6.09. The van der Waals surface area contributed by atoms with Crippen molar-refractivity contribution in [3.8, 4) is 0 Å². The minimum atomic E-state index is -0.106. The highest BCUT2D eigenvalue weighted by atomic mass is 16.3. The van der Waals surface area contributed by atoms with Gasteiger partial charge in [0.15, 0.2) is 0 Å². The number of aliphatic hydroxyl groups is 2. The molecule has 0 atom stereocenters. The molecule has 0 radical (unpaired) electrons. The lowest BCUT2D eigenvalue weighted by atomic mass is 9.68. The predicted molar refractivity (Wildman–Crippen MR) is 171 cm³/mol. The van der Waals surface area contributed by atoms with Crippen molar-refractivity contribution in [2.24, 2.45) is 0 Å². The number of nitrogens with zero attached hydrogens (tertiary/aromatic N) is 2. The molecule has 0 spiro atoms. The van der Waals surface area contributed by atoms with Crippen LogP contribution in [0.4, 0.5) is 11.4 Å². The highest BCUT2D eigenvalue weighted by Crippen LogP contribution is 2.59. The summed E-state index contributed by atoms with van der Waals surface area (Å²) in [6.07, 6.45) is 0. The minimum absolute atomic E-state index is 0.0705. The summed E-state index contributed by atoms with van der Waals surface area (Å²) < 4.78 is 0. The van der Waals surface area contributed by atoms with E-state index >= 15 is 0 Å². The molecule has 2 aliphatic heterocycles. The standard InChI is InChI=1S/C36H50N2O2/c1-17-19(3)29-27(33(7,8)35(11,12)37(29)15)21(5)23(17)25-31(39)26(32(25)40)24-18(2)20(4)30-28(22(24)6)34(9,10)36(13,14)38(30)16/h39-40H,1-16H3. The normalized spacial score (nSPS) is 21.7. The number of rotatable bonds is 2. The van der Waals surface area contributed by atoms with Crippen LogP contribution in [0.5, 0.6) is 0 Å². The second kappa shape index (κ2) is 7.89. The molecule has 5 rings (SSSR count). The van der Waals surface area contributed by atoms with Gasteiger partial charge in [0.1, 0.15) is 11.5 Å². The summed E-state index contributed by atoms with van der Waals surface area (Å²) in [5, 5.41) is 23.7. The van der Waals surface area contributed by atoms with Crippen LogP contribution in [0.15, 0.2) is 11.5 Å². The third-order valence-electron chi connectivity index (χ3n) is 12.7. The Morgan fingerprint density at radius 2 is 0.725 bits per heavy atom. The van der Waals surface area contributed by atoms with Crippen molar-refractivity contribution >= 4 is 22.5 Å². The summed E-state index contributed by atoms with van der Waals surface area (Å²) in [7, 11) is 4.38. The van der Waals surface area contributed by atoms with E-state index in [1.165, 1.54) is 33.6 Å². The van der Waals surface area contributed by atoms with Crippen LogP contribution in [-0.4, -0.2) is 35.4 Å². The van der Waals surface area contributed by atoms with Gasteiger partial charge >= 0.3 is 0 Å². The number of benzene rings is 2. The molecule has 40 heavy (non-hydrogen) atoms. The molecule has 0 bridgehead atoms. The largest absolute Gasteiger partial charge is 0.506 e. The number of fused-ring (bicyclic) bond motifs is 2. The topological polar surface area (TPSA) is 46.9 Å². The van der Waals surface area contributed by atoms with Gasteiger partial charge in [-0.2, -0.15) is 0 Å². The van der Waals surface area contributed by atoms with Crippen molar-refractivity contribution in [1.82, 2.24) is 0 Å². The lowest BCUT2D eigenvalue weighted by Gasteiger charge is -2.41. The van der Waals surface area contributed by atoms with E-state index < -0.39 is 0 Å². The van der Waals surface area contributed by atoms with E-state index in [2.05, 4.69) is 121 Å². The predicted octanol–water partition coefficient (Wildman–Crippen LogP) is 8.80. The summed E-state index contributed by atoms with van der Waals surface area (Å²) in [6.45, 7) is 31.4. The first-order chi connectivity index (χ1) is 18.1. The molecule has 0 fully saturated rings. The fraction of sp³-hybridized carbons (Fsp3) is 0.556. The van der Waals surface area contributed by atoms with E-state index in [4.69, 9.17) is 0 Å². The molecular weight excluding hydrogens is 492 g/mol. The first-order valence-electron chi connectivity index (χ1n) is 14.7. The molecule has 4 heteroatoms. The summed E-state index contributed by atoms with van der Waals surface area (Å²) in [4.78, 5) is 4.83. The van der Waals surface area contributed by atoms with Crippen LogP contribution < -0.4 is 9.80 Å². The van der Waals surface area contributed by atoms with Crippen LogP contribution in [0.3, 0.4) is 0 Å². The molecule has 2 aromatic carbocycles. The van der Waals surface area contributed by atoms with Crippen LogP contribution in [-0.2, 0) is 10.8 Å². The van der Waals surface area contributed by atoms with Crippen molar-refractivity contribution in [2.45, 2.75) is 119 Å². The minimum Gasteiger partial charge on any atom is -0.506 e. The van der Waals surface area contributed by atoms with Crippen LogP contribution in [0.1, 0.15) is 111 Å². The summed E-state index contributed by atoms with van der Waals surface area (Å²) in [5.41, 5.74) is 14.9. The zero-order valence-electron chi connectivity index (χ0n) is 27.8. The smallest absolute Gasteiger partial charge is 0.138 e. The summed E-state index contributed by atoms with van der Waals surface area (Å²) >= 11 is 0. The zero-order valence-corrected chi connectivity index (χ0v) is 27.8. The molecular formula is C36H50N2O2. The fourth-order valence-electron chi connectivity index (χ4n) is 8.29. The zero-order chi connectivity index (χ0) is 30.4. The van der Waals surface area contributed by atoms with E-state index in [0.717, 1.165) is 33.4 Å². The van der Waals surface area contributed by atoms with Gasteiger partial charge in [-0.1, -0.05) is 27.7 Å². The number of hydrogen-bond donors (Lipinski definition) is 2. The van der Waals surface area contributed by atoms with Gasteiger partial charge in [-0.3, -0.25) is 0 Å². The molecule has 2 heterocycles. The molecule has 0 saturated heterocycles. The van der Waals surface area contributed by atoms with Gasteiger partial charge in [-0.05, 0) is 125 Å². The van der Waals surface area contributed by atoms with Crippen molar-refractivity contribution in [3.63, 3.8) is 0 Å². The van der Waals surface area contributed by atoms with Crippen molar-refractivity contribution < 1.29 is 10.2 Å². The molecule has 216 valence electrons. The van der Waals surface area contributed by atoms with Crippen LogP contribution in [0.2, 0.25) is 0 Å². The third-order valence-corrected chi connectivity index (χ3v) is 12.7. The fourth-order valence-corrected chi connectivity index (χ4v) is 8.29. The van der Waals surface area contributed by atoms with E-state index in [1.54, 1.807) is 0 Å². The number of allylic oxidation sites excluding steroid dienone is 2. The van der Waals surface area contributed by atoms with E-state index in [0.29, 0.717) is 11.1 Å². The van der Waals surface area contributed by atoms with Gasteiger partial charge in [0, 0.05) is 47.4 Å². The van der Waals surface area contributed by atoms with Crippen LogP contribution in [0.25, 0.3) is 11.1 Å². The Labute approximate surface area is 242 Å². The molecule has 1 aliphatic carbocycles. The molecule has 0 saturated carbocycles. The maximum atomic E-state index is 11.8. The van der Waals surface area contributed by atoms with Gasteiger partial charge in [0.05, 0.1) is 11.1 Å². The molecule has 3 aliphatic rings. The summed E-state index contributed by atoms with van der Waals surface area (Å²) in [6, 6.07) is 0. The Hall–Kier alpha value is -2.88. The van der Waals surface area contributed by atoms with Gasteiger partial charge in [-0.25, -0.2) is 0 Å². The Bertz CT molecular complexity index is 1460. The first kappa shape index (κ1) is 28.6. The molecule has 4 nitrogen and oxygen atoms in total. The van der Waals surface area contributed by atoms with Gasteiger partial charge < -0.3 is 20.0 Å². The second-order valence-electron chi connectivity index (χ2n) is 14.9. The average molecular weight is 543 g/mol. The molecule has 2 N–H and O–H groups in total. The molecule has 0 aromatic heterocycles. The third kappa shape index (κ3) is 2.88. The lowest BCUT2D eigenvalue weighted by Crippen LogP contribution is -2.49. The first-order valence-corrected chi connectivity index (χ1v) is 14.7. The number of aliphatic hydroxyl groups excluding tert-OH is 2. The number of hydrogen-bond acceptors (Lipinski definition) is 4. The van der Waals surface area contributed by atoms with Crippen molar-refractivity contribution in [3.05, 3.63) is 67.2 Å². The van der Waals surface area contributed by atoms with Crippen molar-refractivity contribution in [1.29, 1.82) is 0 Å². The van der Waals surface area contributed by atoms with E-state index in [-0.39, 0.29) is 33.4 Å². The molecule has 2 aromatic rings.